The van der Waals surface area contributed by atoms with Crippen LogP contribution in [0.15, 0.2) is 16.8 Å². The van der Waals surface area contributed by atoms with Crippen LogP contribution in [0.4, 0.5) is 0 Å². The molecule has 2 saturated heterocycles. The highest BCUT2D eigenvalue weighted by molar-refractivity contribution is 7.07. The standard InChI is InChI=1S/C17H26N2O3S/c1-18(2)10-15-3-5-17(22-15)12-19(6-7-21-13-17)16(20)9-14-4-8-23-11-14/h4,8,11,15H,3,5-7,9-10,12-13H2,1-2H3/t15-,17-/m0/s1. The van der Waals surface area contributed by atoms with Crippen molar-refractivity contribution in [1.29, 1.82) is 0 Å². The lowest BCUT2D eigenvalue weighted by Gasteiger charge is -2.32. The van der Waals surface area contributed by atoms with Crippen molar-refractivity contribution in [2.45, 2.75) is 31.0 Å². The van der Waals surface area contributed by atoms with E-state index in [0.29, 0.717) is 32.7 Å². The molecule has 2 atom stereocenters. The summed E-state index contributed by atoms with van der Waals surface area (Å²) in [6.45, 7) is 3.43. The van der Waals surface area contributed by atoms with E-state index in [1.807, 2.05) is 21.7 Å². The van der Waals surface area contributed by atoms with E-state index < -0.39 is 0 Å². The molecule has 2 fully saturated rings. The average molecular weight is 338 g/mol. The van der Waals surface area contributed by atoms with E-state index in [0.717, 1.165) is 24.9 Å². The first-order valence-electron chi connectivity index (χ1n) is 8.25. The number of hydrogen-bond donors (Lipinski definition) is 0. The van der Waals surface area contributed by atoms with Crippen molar-refractivity contribution >= 4 is 17.2 Å². The molecule has 0 saturated carbocycles. The van der Waals surface area contributed by atoms with E-state index in [4.69, 9.17) is 9.47 Å². The number of hydrogen-bond acceptors (Lipinski definition) is 5. The number of rotatable bonds is 4. The summed E-state index contributed by atoms with van der Waals surface area (Å²) in [5.74, 6) is 0.174. The molecule has 1 aromatic heterocycles. The van der Waals surface area contributed by atoms with Crippen LogP contribution >= 0.6 is 11.3 Å². The van der Waals surface area contributed by atoms with Gasteiger partial charge in [-0.25, -0.2) is 0 Å². The molecule has 3 heterocycles. The molecule has 0 aliphatic carbocycles. The summed E-state index contributed by atoms with van der Waals surface area (Å²) < 4.78 is 12.1. The van der Waals surface area contributed by atoms with Crippen molar-refractivity contribution in [3.05, 3.63) is 22.4 Å². The van der Waals surface area contributed by atoms with Gasteiger partial charge in [-0.15, -0.1) is 0 Å². The molecule has 1 aromatic rings. The largest absolute Gasteiger partial charge is 0.377 e. The van der Waals surface area contributed by atoms with E-state index >= 15 is 0 Å². The second-order valence-corrected chi connectivity index (χ2v) is 7.68. The Hall–Kier alpha value is -0.950. The Kier molecular flexibility index (Phi) is 5.36. The predicted molar refractivity (Wildman–Crippen MR) is 90.8 cm³/mol. The van der Waals surface area contributed by atoms with Crippen molar-refractivity contribution in [2.75, 3.05) is 46.9 Å². The SMILES string of the molecule is CN(C)C[C@@H]1CC[C@]2(COCCN(C(=O)Cc3ccsc3)C2)O1. The zero-order chi connectivity index (χ0) is 16.3. The maximum absolute atomic E-state index is 12.6. The summed E-state index contributed by atoms with van der Waals surface area (Å²) in [4.78, 5) is 16.7. The molecule has 0 bridgehead atoms. The second-order valence-electron chi connectivity index (χ2n) is 6.90. The summed E-state index contributed by atoms with van der Waals surface area (Å²) in [5, 5.41) is 4.06. The molecule has 2 aliphatic heterocycles. The van der Waals surface area contributed by atoms with Gasteiger partial charge in [0, 0.05) is 13.1 Å². The molecule has 5 nitrogen and oxygen atoms in total. The monoisotopic (exact) mass is 338 g/mol. The quantitative estimate of drug-likeness (QED) is 0.837. The topological polar surface area (TPSA) is 42.0 Å². The van der Waals surface area contributed by atoms with Crippen molar-refractivity contribution in [3.8, 4) is 0 Å². The third-order valence-electron chi connectivity index (χ3n) is 4.55. The number of carbonyl (C=O) groups excluding carboxylic acids is 1. The summed E-state index contributed by atoms with van der Waals surface area (Å²) in [6, 6.07) is 2.02. The molecule has 1 spiro atoms. The lowest BCUT2D eigenvalue weighted by atomic mass is 9.99. The van der Waals surface area contributed by atoms with Crippen molar-refractivity contribution in [3.63, 3.8) is 0 Å². The fraction of sp³-hybridized carbons (Fsp3) is 0.706. The fourth-order valence-electron chi connectivity index (χ4n) is 3.45. The first kappa shape index (κ1) is 16.9. The number of nitrogens with zero attached hydrogens (tertiary/aromatic N) is 2. The van der Waals surface area contributed by atoms with E-state index in [2.05, 4.69) is 19.0 Å². The average Bonchev–Trinajstić information content (AvgIpc) is 3.07. The Balaban J connectivity index is 1.63. The van der Waals surface area contributed by atoms with Gasteiger partial charge in [0.15, 0.2) is 0 Å². The van der Waals surface area contributed by atoms with Gasteiger partial charge in [0.1, 0.15) is 5.60 Å². The van der Waals surface area contributed by atoms with Crippen LogP contribution in [0.25, 0.3) is 0 Å². The van der Waals surface area contributed by atoms with Crippen LogP contribution in [0.5, 0.6) is 0 Å². The van der Waals surface area contributed by atoms with Crippen LogP contribution in [-0.4, -0.2) is 74.4 Å². The van der Waals surface area contributed by atoms with Crippen LogP contribution in [-0.2, 0) is 20.7 Å². The molecule has 3 rings (SSSR count). The summed E-state index contributed by atoms with van der Waals surface area (Å²) in [7, 11) is 4.13. The zero-order valence-electron chi connectivity index (χ0n) is 14.0. The molecule has 6 heteroatoms. The number of thiophene rings is 1. The lowest BCUT2D eigenvalue weighted by Crippen LogP contribution is -2.47. The van der Waals surface area contributed by atoms with Crippen molar-refractivity contribution < 1.29 is 14.3 Å². The molecular weight excluding hydrogens is 312 g/mol. The molecule has 1 amide bonds. The lowest BCUT2D eigenvalue weighted by molar-refractivity contribution is -0.135. The van der Waals surface area contributed by atoms with Gasteiger partial charge in [-0.2, -0.15) is 11.3 Å². The Morgan fingerprint density at radius 3 is 3.13 bits per heavy atom. The van der Waals surface area contributed by atoms with Gasteiger partial charge in [-0.1, -0.05) is 0 Å². The number of likely N-dealkylation sites (N-methyl/N-ethyl adjacent to an activating group) is 1. The minimum Gasteiger partial charge on any atom is -0.377 e. The third-order valence-corrected chi connectivity index (χ3v) is 5.28. The van der Waals surface area contributed by atoms with Gasteiger partial charge in [0.25, 0.3) is 0 Å². The fourth-order valence-corrected chi connectivity index (χ4v) is 4.12. The summed E-state index contributed by atoms with van der Waals surface area (Å²) in [5.41, 5.74) is 0.777. The van der Waals surface area contributed by atoms with Gasteiger partial charge in [-0.05, 0) is 49.3 Å². The molecule has 0 unspecified atom stereocenters. The highest BCUT2D eigenvalue weighted by Crippen LogP contribution is 2.33. The molecule has 0 radical (unpaired) electrons. The minimum atomic E-state index is -0.318. The molecule has 23 heavy (non-hydrogen) atoms. The highest BCUT2D eigenvalue weighted by atomic mass is 32.1. The van der Waals surface area contributed by atoms with Crippen LogP contribution in [0.2, 0.25) is 0 Å². The number of ether oxygens (including phenoxy) is 2. The van der Waals surface area contributed by atoms with Crippen LogP contribution in [0.1, 0.15) is 18.4 Å². The Labute approximate surface area is 142 Å². The van der Waals surface area contributed by atoms with E-state index in [9.17, 15) is 4.79 Å². The minimum absolute atomic E-state index is 0.174. The summed E-state index contributed by atoms with van der Waals surface area (Å²) in [6.07, 6.45) is 2.71. The van der Waals surface area contributed by atoms with E-state index in [1.54, 1.807) is 11.3 Å². The maximum atomic E-state index is 12.6. The van der Waals surface area contributed by atoms with Crippen LogP contribution in [0, 0.1) is 0 Å². The Morgan fingerprint density at radius 1 is 1.52 bits per heavy atom. The first-order valence-corrected chi connectivity index (χ1v) is 9.20. The van der Waals surface area contributed by atoms with E-state index in [1.165, 1.54) is 0 Å². The molecule has 0 N–H and O–H groups in total. The van der Waals surface area contributed by atoms with Crippen LogP contribution in [0.3, 0.4) is 0 Å². The highest BCUT2D eigenvalue weighted by Gasteiger charge is 2.43. The molecule has 0 aromatic carbocycles. The smallest absolute Gasteiger partial charge is 0.227 e. The van der Waals surface area contributed by atoms with E-state index in [-0.39, 0.29) is 17.6 Å². The molecule has 128 valence electrons. The Bertz CT molecular complexity index is 520. The van der Waals surface area contributed by atoms with Gasteiger partial charge in [-0.3, -0.25) is 4.79 Å². The van der Waals surface area contributed by atoms with Gasteiger partial charge in [0.2, 0.25) is 5.91 Å². The van der Waals surface area contributed by atoms with Crippen LogP contribution < -0.4 is 0 Å². The Morgan fingerprint density at radius 2 is 2.39 bits per heavy atom. The van der Waals surface area contributed by atoms with Crippen molar-refractivity contribution in [1.82, 2.24) is 9.80 Å². The zero-order valence-corrected chi connectivity index (χ0v) is 14.8. The first-order chi connectivity index (χ1) is 11.1. The normalized spacial score (nSPS) is 28.5. The van der Waals surface area contributed by atoms with Gasteiger partial charge < -0.3 is 19.3 Å². The number of amides is 1. The summed E-state index contributed by atoms with van der Waals surface area (Å²) >= 11 is 1.63. The van der Waals surface area contributed by atoms with Gasteiger partial charge in [0.05, 0.1) is 32.3 Å². The van der Waals surface area contributed by atoms with Gasteiger partial charge >= 0.3 is 0 Å². The molecular formula is C17H26N2O3S. The third kappa shape index (κ3) is 4.32. The predicted octanol–water partition coefficient (Wildman–Crippen LogP) is 1.63. The number of carbonyl (C=O) groups is 1. The maximum Gasteiger partial charge on any atom is 0.227 e. The molecule has 2 aliphatic rings. The van der Waals surface area contributed by atoms with Crippen molar-refractivity contribution in [2.24, 2.45) is 0 Å². The second kappa shape index (κ2) is 7.30.